The fourth-order valence-electron chi connectivity index (χ4n) is 4.85. The van der Waals surface area contributed by atoms with Crippen LogP contribution < -0.4 is 14.8 Å². The van der Waals surface area contributed by atoms with Crippen LogP contribution in [0, 0.1) is 5.92 Å². The highest BCUT2D eigenvalue weighted by molar-refractivity contribution is 5.94. The van der Waals surface area contributed by atoms with Crippen molar-refractivity contribution in [2.75, 3.05) is 53.2 Å². The zero-order valence-electron chi connectivity index (χ0n) is 24.0. The van der Waals surface area contributed by atoms with Crippen molar-refractivity contribution in [2.45, 2.75) is 33.4 Å². The molecule has 1 N–H and O–H groups in total. The Morgan fingerprint density at radius 3 is 2.67 bits per heavy atom. The Morgan fingerprint density at radius 2 is 1.82 bits per heavy atom. The van der Waals surface area contributed by atoms with Crippen LogP contribution in [0.4, 0.5) is 0 Å². The summed E-state index contributed by atoms with van der Waals surface area (Å²) in [5, 5.41) is 3.04. The maximum absolute atomic E-state index is 13.1. The Kier molecular flexibility index (Phi) is 11.4. The van der Waals surface area contributed by atoms with Crippen molar-refractivity contribution in [3.63, 3.8) is 0 Å². The number of benzene rings is 3. The normalized spacial score (nSPS) is 14.6. The maximum atomic E-state index is 13.1. The number of nitrogens with one attached hydrogen (secondary N) is 1. The lowest BCUT2D eigenvalue weighted by molar-refractivity contribution is 0.0746. The van der Waals surface area contributed by atoms with E-state index in [4.69, 9.17) is 18.9 Å². The van der Waals surface area contributed by atoms with Crippen LogP contribution in [0.5, 0.6) is 11.5 Å². The van der Waals surface area contributed by atoms with Crippen LogP contribution >= 0.6 is 0 Å². The predicted molar refractivity (Wildman–Crippen MR) is 157 cm³/mol. The summed E-state index contributed by atoms with van der Waals surface area (Å²) in [4.78, 5) is 15.6. The maximum Gasteiger partial charge on any atom is 0.251 e. The van der Waals surface area contributed by atoms with E-state index in [2.05, 4.69) is 48.3 Å². The molecule has 0 aliphatic carbocycles. The number of hydrogen-bond donors (Lipinski definition) is 1. The molecule has 0 aromatic heterocycles. The van der Waals surface area contributed by atoms with Crippen molar-refractivity contribution in [3.05, 3.63) is 94.5 Å². The van der Waals surface area contributed by atoms with Crippen LogP contribution in [-0.2, 0) is 29.0 Å². The second-order valence-corrected chi connectivity index (χ2v) is 10.6. The van der Waals surface area contributed by atoms with Gasteiger partial charge in [-0.3, -0.25) is 9.69 Å². The first kappa shape index (κ1) is 29.6. The number of carbonyl (C=O) groups excluding carboxylic acids is 1. The smallest absolute Gasteiger partial charge is 0.251 e. The zero-order valence-corrected chi connectivity index (χ0v) is 24.0. The summed E-state index contributed by atoms with van der Waals surface area (Å²) in [5.41, 5.74) is 5.03. The van der Waals surface area contributed by atoms with Gasteiger partial charge in [0, 0.05) is 45.3 Å². The molecule has 0 saturated heterocycles. The van der Waals surface area contributed by atoms with Gasteiger partial charge in [0.15, 0.2) is 0 Å². The second kappa shape index (κ2) is 15.4. The van der Waals surface area contributed by atoms with Gasteiger partial charge in [0.1, 0.15) is 24.7 Å². The molecule has 7 nitrogen and oxygen atoms in total. The van der Waals surface area contributed by atoms with E-state index in [0.717, 1.165) is 42.3 Å². The monoisotopic (exact) mass is 546 g/mol. The van der Waals surface area contributed by atoms with Crippen molar-refractivity contribution in [3.8, 4) is 11.5 Å². The van der Waals surface area contributed by atoms with E-state index in [-0.39, 0.29) is 5.91 Å². The Bertz CT molecular complexity index is 1230. The van der Waals surface area contributed by atoms with Crippen LogP contribution in [0.15, 0.2) is 66.7 Å². The molecule has 40 heavy (non-hydrogen) atoms. The second-order valence-electron chi connectivity index (χ2n) is 10.6. The van der Waals surface area contributed by atoms with E-state index in [9.17, 15) is 4.79 Å². The van der Waals surface area contributed by atoms with E-state index in [1.807, 2.05) is 42.5 Å². The van der Waals surface area contributed by atoms with Gasteiger partial charge in [0.25, 0.3) is 5.91 Å². The Morgan fingerprint density at radius 1 is 0.975 bits per heavy atom. The van der Waals surface area contributed by atoms with Crippen molar-refractivity contribution >= 4 is 5.91 Å². The number of carbonyl (C=O) groups is 1. The molecule has 3 aromatic rings. The molecular formula is C33H42N2O5. The minimum atomic E-state index is -0.130. The zero-order chi connectivity index (χ0) is 28.2. The molecule has 0 fully saturated rings. The molecule has 0 atom stereocenters. The fourth-order valence-corrected chi connectivity index (χ4v) is 4.85. The summed E-state index contributed by atoms with van der Waals surface area (Å²) in [6.45, 7) is 10.4. The lowest BCUT2D eigenvalue weighted by Crippen LogP contribution is -2.31. The third kappa shape index (κ3) is 9.37. The van der Waals surface area contributed by atoms with Gasteiger partial charge >= 0.3 is 0 Å². The Hall–Kier alpha value is -3.39. The first-order valence-electron chi connectivity index (χ1n) is 14.1. The van der Waals surface area contributed by atoms with Crippen LogP contribution in [0.25, 0.3) is 0 Å². The molecule has 0 saturated carbocycles. The highest BCUT2D eigenvalue weighted by Crippen LogP contribution is 2.25. The van der Waals surface area contributed by atoms with Crippen molar-refractivity contribution in [1.29, 1.82) is 0 Å². The van der Waals surface area contributed by atoms with Crippen LogP contribution in [0.3, 0.4) is 0 Å². The number of fused-ring (bicyclic) bond motifs is 3. The van der Waals surface area contributed by atoms with Crippen molar-refractivity contribution < 1.29 is 23.7 Å². The SMILES string of the molecule is COCCOc1cccc(CNC(=O)c2ccc3c(c2)Cc2cccc(c2)CN(CC(C)C)CCOCCO3)c1. The number of rotatable bonds is 9. The molecule has 214 valence electrons. The van der Waals surface area contributed by atoms with Gasteiger partial charge in [-0.25, -0.2) is 0 Å². The topological polar surface area (TPSA) is 69.3 Å². The average molecular weight is 547 g/mol. The highest BCUT2D eigenvalue weighted by Gasteiger charge is 2.14. The third-order valence-electron chi connectivity index (χ3n) is 6.68. The molecule has 0 radical (unpaired) electrons. The Labute approximate surface area is 238 Å². The standard InChI is InChI=1S/C33H42N2O5/c1-25(2)23-35-12-13-38-15-17-40-32-11-10-29(21-30(32)19-26-6-4-8-28(18-26)24-35)33(36)34-22-27-7-5-9-31(20-27)39-16-14-37-3/h4-11,18,20-21,25H,12-17,19,22-24H2,1-3H3,(H,34,36). The number of methoxy groups -OCH3 is 1. The van der Waals surface area contributed by atoms with Crippen molar-refractivity contribution in [2.24, 2.45) is 5.92 Å². The summed E-state index contributed by atoms with van der Waals surface area (Å²) in [6, 6.07) is 22.1. The molecule has 1 amide bonds. The summed E-state index contributed by atoms with van der Waals surface area (Å²) < 4.78 is 22.7. The quantitative estimate of drug-likeness (QED) is 0.377. The molecule has 1 aliphatic heterocycles. The van der Waals surface area contributed by atoms with Gasteiger partial charge in [-0.05, 0) is 58.5 Å². The van der Waals surface area contributed by atoms with E-state index >= 15 is 0 Å². The van der Waals surface area contributed by atoms with Crippen LogP contribution in [0.2, 0.25) is 0 Å². The first-order chi connectivity index (χ1) is 19.5. The minimum Gasteiger partial charge on any atom is -0.491 e. The van der Waals surface area contributed by atoms with Gasteiger partial charge in [-0.15, -0.1) is 0 Å². The number of amides is 1. The van der Waals surface area contributed by atoms with Crippen molar-refractivity contribution in [1.82, 2.24) is 10.2 Å². The predicted octanol–water partition coefficient (Wildman–Crippen LogP) is 5.10. The molecule has 1 heterocycles. The number of nitrogens with zero attached hydrogens (tertiary/aromatic N) is 1. The average Bonchev–Trinajstić information content (AvgIpc) is 2.94. The van der Waals surface area contributed by atoms with Crippen LogP contribution in [0.1, 0.15) is 46.5 Å². The lowest BCUT2D eigenvalue weighted by Gasteiger charge is -2.25. The summed E-state index contributed by atoms with van der Waals surface area (Å²) in [7, 11) is 1.65. The highest BCUT2D eigenvalue weighted by atomic mass is 16.5. The molecule has 0 spiro atoms. The first-order valence-corrected chi connectivity index (χ1v) is 14.1. The van der Waals surface area contributed by atoms with Gasteiger partial charge in [-0.1, -0.05) is 50.2 Å². The minimum absolute atomic E-state index is 0.130. The fraction of sp³-hybridized carbons (Fsp3) is 0.424. The van der Waals surface area contributed by atoms with E-state index < -0.39 is 0 Å². The van der Waals surface area contributed by atoms with Crippen LogP contribution in [-0.4, -0.2) is 64.0 Å². The van der Waals surface area contributed by atoms with Gasteiger partial charge in [0.2, 0.25) is 0 Å². The molecule has 1 aliphatic rings. The summed E-state index contributed by atoms with van der Waals surface area (Å²) in [5.74, 6) is 1.99. The Balaban J connectivity index is 1.48. The molecule has 2 bridgehead atoms. The summed E-state index contributed by atoms with van der Waals surface area (Å²) in [6.07, 6.45) is 0.677. The molecule has 0 unspecified atom stereocenters. The number of hydrogen-bond acceptors (Lipinski definition) is 6. The molecule has 7 heteroatoms. The molecule has 3 aromatic carbocycles. The largest absolute Gasteiger partial charge is 0.491 e. The van der Waals surface area contributed by atoms with E-state index in [0.29, 0.717) is 57.5 Å². The third-order valence-corrected chi connectivity index (χ3v) is 6.68. The van der Waals surface area contributed by atoms with E-state index in [1.165, 1.54) is 11.1 Å². The van der Waals surface area contributed by atoms with E-state index in [1.54, 1.807) is 7.11 Å². The van der Waals surface area contributed by atoms with Gasteiger partial charge in [0.05, 0.1) is 19.8 Å². The lowest BCUT2D eigenvalue weighted by atomic mass is 9.99. The van der Waals surface area contributed by atoms with Gasteiger partial charge < -0.3 is 24.3 Å². The van der Waals surface area contributed by atoms with Gasteiger partial charge in [-0.2, -0.15) is 0 Å². The summed E-state index contributed by atoms with van der Waals surface area (Å²) >= 11 is 0. The molecular weight excluding hydrogens is 504 g/mol. The number of ether oxygens (including phenoxy) is 4. The molecule has 4 rings (SSSR count).